The van der Waals surface area contributed by atoms with Gasteiger partial charge >= 0.3 is 0 Å². The number of hydrogen-bond acceptors (Lipinski definition) is 4. The van der Waals surface area contributed by atoms with Crippen LogP contribution in [-0.2, 0) is 0 Å². The van der Waals surface area contributed by atoms with E-state index in [9.17, 15) is 10.1 Å². The molecule has 0 spiro atoms. The third kappa shape index (κ3) is 4.06. The van der Waals surface area contributed by atoms with Gasteiger partial charge in [-0.1, -0.05) is 29.8 Å². The van der Waals surface area contributed by atoms with Gasteiger partial charge in [-0.15, -0.1) is 0 Å². The fourth-order valence-electron chi connectivity index (χ4n) is 2.24. The van der Waals surface area contributed by atoms with Crippen molar-refractivity contribution in [1.29, 1.82) is 5.26 Å². The van der Waals surface area contributed by atoms with Crippen LogP contribution in [0, 0.1) is 11.3 Å². The molecule has 0 bridgehead atoms. The number of ether oxygens (including phenoxy) is 1. The van der Waals surface area contributed by atoms with Crippen molar-refractivity contribution in [3.8, 4) is 17.6 Å². The molecule has 0 aliphatic heterocycles. The van der Waals surface area contributed by atoms with Gasteiger partial charge in [-0.2, -0.15) is 5.26 Å². The lowest BCUT2D eigenvalue weighted by molar-refractivity contribution is 0.100. The molecule has 0 radical (unpaired) electrons. The van der Waals surface area contributed by atoms with Crippen molar-refractivity contribution < 1.29 is 9.53 Å². The van der Waals surface area contributed by atoms with Crippen molar-refractivity contribution >= 4 is 23.2 Å². The highest BCUT2D eigenvalue weighted by molar-refractivity contribution is 6.32. The fraction of sp³-hybridized carbons (Fsp3) is 0.105. The Hall–Kier alpha value is -3.10. The Balaban J connectivity index is 2.48. The lowest BCUT2D eigenvalue weighted by Crippen LogP contribution is -2.10. The second kappa shape index (κ2) is 8.13. The molecule has 0 saturated carbocycles. The zero-order valence-electron chi connectivity index (χ0n) is 13.8. The maximum Gasteiger partial charge on any atom is 0.248 e. The number of hydrogen-bond donors (Lipinski definition) is 1. The standard InChI is InChI=1S/C19H16ClN3O2/c1-3-5-16(23-2)13-6-4-7-17(14(13)11-21)25-18-9-8-12(19(22)24)10-15(18)20/h3-10H,1-2H3,(H2,22,24)/b5-3-,23-16?. The Labute approximate surface area is 151 Å². The van der Waals surface area contributed by atoms with E-state index >= 15 is 0 Å². The van der Waals surface area contributed by atoms with Crippen LogP contribution in [0.2, 0.25) is 5.02 Å². The van der Waals surface area contributed by atoms with Crippen molar-refractivity contribution in [3.05, 3.63) is 70.3 Å². The van der Waals surface area contributed by atoms with E-state index < -0.39 is 5.91 Å². The number of amides is 1. The zero-order chi connectivity index (χ0) is 18.4. The first-order valence-corrected chi connectivity index (χ1v) is 7.79. The molecule has 5 nitrogen and oxygen atoms in total. The summed E-state index contributed by atoms with van der Waals surface area (Å²) in [5.74, 6) is 0.0871. The first-order valence-electron chi connectivity index (χ1n) is 7.42. The minimum atomic E-state index is -0.580. The number of benzene rings is 2. The second-order valence-electron chi connectivity index (χ2n) is 5.01. The van der Waals surface area contributed by atoms with Crippen LogP contribution >= 0.6 is 11.6 Å². The van der Waals surface area contributed by atoms with E-state index in [-0.39, 0.29) is 10.6 Å². The van der Waals surface area contributed by atoms with E-state index in [2.05, 4.69) is 11.1 Å². The van der Waals surface area contributed by atoms with E-state index in [0.717, 1.165) is 0 Å². The van der Waals surface area contributed by atoms with E-state index in [1.807, 2.05) is 19.1 Å². The average Bonchev–Trinajstić information content (AvgIpc) is 2.61. The average molecular weight is 354 g/mol. The van der Waals surface area contributed by atoms with Crippen LogP contribution in [0.3, 0.4) is 0 Å². The van der Waals surface area contributed by atoms with Gasteiger partial charge < -0.3 is 10.5 Å². The molecule has 0 unspecified atom stereocenters. The lowest BCUT2D eigenvalue weighted by atomic mass is 10.0. The number of primary amides is 1. The van der Waals surface area contributed by atoms with Crippen LogP contribution in [0.25, 0.3) is 0 Å². The van der Waals surface area contributed by atoms with Crippen molar-refractivity contribution in [2.24, 2.45) is 10.7 Å². The van der Waals surface area contributed by atoms with Gasteiger partial charge in [0.15, 0.2) is 0 Å². The minimum absolute atomic E-state index is 0.225. The summed E-state index contributed by atoms with van der Waals surface area (Å²) in [4.78, 5) is 15.4. The maximum atomic E-state index is 11.2. The van der Waals surface area contributed by atoms with Crippen LogP contribution in [0.4, 0.5) is 0 Å². The number of carbonyl (C=O) groups excluding carboxylic acids is 1. The van der Waals surface area contributed by atoms with Crippen molar-refractivity contribution in [2.75, 3.05) is 7.05 Å². The molecule has 0 aromatic heterocycles. The molecule has 126 valence electrons. The third-order valence-electron chi connectivity index (χ3n) is 3.42. The molecule has 2 aromatic carbocycles. The third-order valence-corrected chi connectivity index (χ3v) is 3.71. The van der Waals surface area contributed by atoms with E-state index in [0.29, 0.717) is 28.3 Å². The Kier molecular flexibility index (Phi) is 5.93. The van der Waals surface area contributed by atoms with Gasteiger partial charge in [-0.05, 0) is 37.3 Å². The molecular formula is C19H16ClN3O2. The van der Waals surface area contributed by atoms with E-state index in [1.54, 1.807) is 25.2 Å². The first-order chi connectivity index (χ1) is 12.0. The van der Waals surface area contributed by atoms with Crippen LogP contribution in [0.5, 0.6) is 11.5 Å². The van der Waals surface area contributed by atoms with Crippen LogP contribution in [0.15, 0.2) is 53.5 Å². The topological polar surface area (TPSA) is 88.5 Å². The zero-order valence-corrected chi connectivity index (χ0v) is 14.5. The normalized spacial score (nSPS) is 11.4. The molecule has 6 heteroatoms. The maximum absolute atomic E-state index is 11.2. The summed E-state index contributed by atoms with van der Waals surface area (Å²) in [6.45, 7) is 1.87. The molecule has 2 rings (SSSR count). The van der Waals surface area contributed by atoms with Gasteiger partial charge in [0.2, 0.25) is 5.91 Å². The Morgan fingerprint density at radius 2 is 2.08 bits per heavy atom. The van der Waals surface area contributed by atoms with Crippen molar-refractivity contribution in [2.45, 2.75) is 6.92 Å². The van der Waals surface area contributed by atoms with Crippen LogP contribution < -0.4 is 10.5 Å². The summed E-state index contributed by atoms with van der Waals surface area (Å²) in [5, 5.41) is 9.80. The number of allylic oxidation sites excluding steroid dienone is 2. The minimum Gasteiger partial charge on any atom is -0.454 e. The van der Waals surface area contributed by atoms with Crippen molar-refractivity contribution in [1.82, 2.24) is 0 Å². The number of nitrogens with two attached hydrogens (primary N) is 1. The molecule has 2 aromatic rings. The summed E-state index contributed by atoms with van der Waals surface area (Å²) in [7, 11) is 1.66. The van der Waals surface area contributed by atoms with Gasteiger partial charge in [0.1, 0.15) is 23.1 Å². The van der Waals surface area contributed by atoms with E-state index in [4.69, 9.17) is 22.1 Å². The molecule has 0 heterocycles. The number of aliphatic imine (C=N–C) groups is 1. The summed E-state index contributed by atoms with van der Waals surface area (Å²) in [6.07, 6.45) is 3.66. The molecule has 2 N–H and O–H groups in total. The molecule has 0 aliphatic rings. The van der Waals surface area contributed by atoms with Gasteiger partial charge in [0.05, 0.1) is 10.7 Å². The summed E-state index contributed by atoms with van der Waals surface area (Å²) in [6, 6.07) is 11.9. The van der Waals surface area contributed by atoms with Crippen LogP contribution in [0.1, 0.15) is 28.4 Å². The highest BCUT2D eigenvalue weighted by atomic mass is 35.5. The Bertz CT molecular complexity index is 911. The first kappa shape index (κ1) is 18.2. The van der Waals surface area contributed by atoms with Gasteiger partial charge in [-0.3, -0.25) is 9.79 Å². The van der Waals surface area contributed by atoms with Gasteiger partial charge in [-0.25, -0.2) is 0 Å². The lowest BCUT2D eigenvalue weighted by Gasteiger charge is -2.12. The fourth-order valence-corrected chi connectivity index (χ4v) is 2.46. The quantitative estimate of drug-likeness (QED) is 0.821. The highest BCUT2D eigenvalue weighted by Crippen LogP contribution is 2.33. The summed E-state index contributed by atoms with van der Waals surface area (Å²) < 4.78 is 5.79. The van der Waals surface area contributed by atoms with Crippen molar-refractivity contribution in [3.63, 3.8) is 0 Å². The monoisotopic (exact) mass is 353 g/mol. The number of rotatable bonds is 5. The molecule has 0 saturated heterocycles. The Morgan fingerprint density at radius 3 is 2.64 bits per heavy atom. The number of carbonyl (C=O) groups is 1. The molecule has 0 fully saturated rings. The van der Waals surface area contributed by atoms with Gasteiger partial charge in [0, 0.05) is 18.2 Å². The van der Waals surface area contributed by atoms with E-state index in [1.165, 1.54) is 18.2 Å². The predicted molar refractivity (Wildman–Crippen MR) is 98.5 cm³/mol. The smallest absolute Gasteiger partial charge is 0.248 e. The SMILES string of the molecule is C/C=C\C(=NC)c1cccc(Oc2ccc(C(N)=O)cc2Cl)c1C#N. The number of nitrogens with zero attached hydrogens (tertiary/aromatic N) is 2. The summed E-state index contributed by atoms with van der Waals surface area (Å²) in [5.41, 5.74) is 7.17. The number of nitriles is 1. The molecule has 0 atom stereocenters. The van der Waals surface area contributed by atoms with Crippen LogP contribution in [-0.4, -0.2) is 18.7 Å². The van der Waals surface area contributed by atoms with Gasteiger partial charge in [0.25, 0.3) is 0 Å². The highest BCUT2D eigenvalue weighted by Gasteiger charge is 2.15. The number of halogens is 1. The summed E-state index contributed by atoms with van der Waals surface area (Å²) >= 11 is 6.15. The largest absolute Gasteiger partial charge is 0.454 e. The Morgan fingerprint density at radius 1 is 1.32 bits per heavy atom. The predicted octanol–water partition coefficient (Wildman–Crippen LogP) is 4.10. The molecule has 1 amide bonds. The molecule has 0 aliphatic carbocycles. The molecule has 25 heavy (non-hydrogen) atoms. The second-order valence-corrected chi connectivity index (χ2v) is 5.42. The molecular weight excluding hydrogens is 338 g/mol.